The third-order valence-electron chi connectivity index (χ3n) is 4.16. The van der Waals surface area contributed by atoms with Crippen LogP contribution in [0.1, 0.15) is 17.8 Å². The lowest BCUT2D eigenvalue weighted by Crippen LogP contribution is -2.49. The number of aryl methyl sites for hydroxylation is 1. The van der Waals surface area contributed by atoms with Crippen LogP contribution >= 0.6 is 11.3 Å². The molecule has 3 rings (SSSR count). The summed E-state index contributed by atoms with van der Waals surface area (Å²) in [6.07, 6.45) is 0.244. The van der Waals surface area contributed by atoms with Crippen LogP contribution in [-0.2, 0) is 9.59 Å². The monoisotopic (exact) mass is 377 g/mol. The average Bonchev–Trinajstić information content (AvgIpc) is 3.05. The molecule has 1 aliphatic rings. The van der Waals surface area contributed by atoms with E-state index in [1.807, 2.05) is 4.90 Å². The zero-order valence-electron chi connectivity index (χ0n) is 14.4. The Morgan fingerprint density at radius 3 is 2.54 bits per heavy atom. The van der Waals surface area contributed by atoms with E-state index in [1.165, 1.54) is 17.4 Å². The number of piperazine rings is 1. The number of nitrogens with one attached hydrogen (secondary N) is 1. The zero-order valence-corrected chi connectivity index (χ0v) is 15.3. The molecule has 0 saturated carbocycles. The van der Waals surface area contributed by atoms with E-state index >= 15 is 0 Å². The fourth-order valence-corrected chi connectivity index (χ4v) is 3.42. The molecule has 1 N–H and O–H groups in total. The van der Waals surface area contributed by atoms with E-state index in [4.69, 9.17) is 0 Å². The van der Waals surface area contributed by atoms with Gasteiger partial charge in [0.05, 0.1) is 5.69 Å². The van der Waals surface area contributed by atoms with Gasteiger partial charge in [0, 0.05) is 39.0 Å². The molecule has 1 saturated heterocycles. The normalized spacial score (nSPS) is 14.4. The van der Waals surface area contributed by atoms with Crippen molar-refractivity contribution in [3.63, 3.8) is 0 Å². The molecule has 1 aromatic heterocycles. The summed E-state index contributed by atoms with van der Waals surface area (Å²) in [6, 6.07) is 6.64. The van der Waals surface area contributed by atoms with Crippen LogP contribution in [0.25, 0.3) is 0 Å². The van der Waals surface area contributed by atoms with Gasteiger partial charge in [-0.05, 0) is 19.1 Å². The minimum atomic E-state index is -0.254. The number of hydrogen-bond donors (Lipinski definition) is 1. The Morgan fingerprint density at radius 2 is 1.88 bits per heavy atom. The van der Waals surface area contributed by atoms with Gasteiger partial charge in [0.1, 0.15) is 10.8 Å². The summed E-state index contributed by atoms with van der Waals surface area (Å²) in [5, 5.41) is 11.5. The summed E-state index contributed by atoms with van der Waals surface area (Å²) in [6.45, 7) is 3.98. The number of carbonyl (C=O) groups excluding carboxylic acids is 2. The molecular weight excluding hydrogens is 357 g/mol. The molecule has 9 heteroatoms. The van der Waals surface area contributed by atoms with Crippen molar-refractivity contribution in [1.82, 2.24) is 15.1 Å². The Kier molecular flexibility index (Phi) is 5.77. The van der Waals surface area contributed by atoms with Crippen molar-refractivity contribution in [2.75, 3.05) is 36.4 Å². The second-order valence-electron chi connectivity index (χ2n) is 5.99. The molecule has 2 aromatic rings. The molecule has 2 heterocycles. The van der Waals surface area contributed by atoms with Crippen LogP contribution in [0.2, 0.25) is 0 Å². The van der Waals surface area contributed by atoms with Gasteiger partial charge in [-0.2, -0.15) is 0 Å². The van der Waals surface area contributed by atoms with Crippen LogP contribution in [0.5, 0.6) is 0 Å². The van der Waals surface area contributed by atoms with Crippen molar-refractivity contribution in [3.8, 4) is 0 Å². The van der Waals surface area contributed by atoms with Crippen molar-refractivity contribution in [2.24, 2.45) is 0 Å². The summed E-state index contributed by atoms with van der Waals surface area (Å²) < 4.78 is 13.8. The number of para-hydroxylation sites is 1. The number of anilines is 2. The molecule has 0 unspecified atom stereocenters. The van der Waals surface area contributed by atoms with E-state index in [0.717, 1.165) is 5.01 Å². The number of rotatable bonds is 5. The molecule has 2 amide bonds. The van der Waals surface area contributed by atoms with E-state index in [2.05, 4.69) is 15.5 Å². The average molecular weight is 377 g/mol. The van der Waals surface area contributed by atoms with Gasteiger partial charge in [0.15, 0.2) is 0 Å². The second-order valence-corrected chi connectivity index (χ2v) is 7.18. The maximum Gasteiger partial charge on any atom is 0.226 e. The van der Waals surface area contributed by atoms with Crippen LogP contribution in [-0.4, -0.2) is 53.1 Å². The predicted octanol–water partition coefficient (Wildman–Crippen LogP) is 2.05. The molecule has 0 atom stereocenters. The lowest BCUT2D eigenvalue weighted by Gasteiger charge is -2.36. The lowest BCUT2D eigenvalue weighted by molar-refractivity contribution is -0.133. The first-order valence-corrected chi connectivity index (χ1v) is 9.22. The molecule has 1 aromatic carbocycles. The van der Waals surface area contributed by atoms with E-state index < -0.39 is 0 Å². The Balaban J connectivity index is 1.43. The number of amides is 2. The van der Waals surface area contributed by atoms with E-state index in [-0.39, 0.29) is 30.5 Å². The summed E-state index contributed by atoms with van der Waals surface area (Å²) in [5.74, 6) is -0.572. The number of nitrogens with zero attached hydrogens (tertiary/aromatic N) is 4. The molecule has 26 heavy (non-hydrogen) atoms. The van der Waals surface area contributed by atoms with Crippen molar-refractivity contribution < 1.29 is 14.0 Å². The molecule has 7 nitrogen and oxygen atoms in total. The standard InChI is InChI=1S/C17H20FN5O2S/c1-12-20-21-17(26-12)19-15(24)6-7-16(25)23-10-8-22(9-11-23)14-5-3-2-4-13(14)18/h2-5H,6-11H2,1H3,(H,19,21,24). The van der Waals surface area contributed by atoms with Crippen molar-refractivity contribution in [1.29, 1.82) is 0 Å². The molecule has 1 fully saturated rings. The zero-order chi connectivity index (χ0) is 18.5. The Morgan fingerprint density at radius 1 is 1.15 bits per heavy atom. The predicted molar refractivity (Wildman–Crippen MR) is 97.7 cm³/mol. The number of benzene rings is 1. The van der Waals surface area contributed by atoms with Crippen LogP contribution in [0.15, 0.2) is 24.3 Å². The number of aromatic nitrogens is 2. The lowest BCUT2D eigenvalue weighted by atomic mass is 10.2. The largest absolute Gasteiger partial charge is 0.366 e. The summed E-state index contributed by atoms with van der Waals surface area (Å²) in [7, 11) is 0. The first-order chi connectivity index (χ1) is 12.5. The number of hydrogen-bond acceptors (Lipinski definition) is 6. The fourth-order valence-electron chi connectivity index (χ4n) is 2.81. The third kappa shape index (κ3) is 4.54. The van der Waals surface area contributed by atoms with Crippen LogP contribution in [0, 0.1) is 12.7 Å². The van der Waals surface area contributed by atoms with Gasteiger partial charge in [-0.15, -0.1) is 10.2 Å². The topological polar surface area (TPSA) is 78.4 Å². The third-order valence-corrected chi connectivity index (χ3v) is 4.92. The summed E-state index contributed by atoms with van der Waals surface area (Å²) in [5.41, 5.74) is 0.561. The SMILES string of the molecule is Cc1nnc(NC(=O)CCC(=O)N2CCN(c3ccccc3F)CC2)s1. The Labute approximate surface area is 154 Å². The quantitative estimate of drug-likeness (QED) is 0.863. The molecule has 138 valence electrons. The van der Waals surface area contributed by atoms with Gasteiger partial charge in [-0.25, -0.2) is 4.39 Å². The first kappa shape index (κ1) is 18.2. The van der Waals surface area contributed by atoms with Gasteiger partial charge in [-0.1, -0.05) is 23.5 Å². The van der Waals surface area contributed by atoms with Crippen molar-refractivity contribution >= 4 is 34.0 Å². The Hall–Kier alpha value is -2.55. The van der Waals surface area contributed by atoms with Gasteiger partial charge in [-0.3, -0.25) is 9.59 Å². The second kappa shape index (κ2) is 8.22. The van der Waals surface area contributed by atoms with Crippen LogP contribution < -0.4 is 10.2 Å². The van der Waals surface area contributed by atoms with Crippen molar-refractivity contribution in [2.45, 2.75) is 19.8 Å². The van der Waals surface area contributed by atoms with Gasteiger partial charge < -0.3 is 15.1 Å². The Bertz CT molecular complexity index is 789. The highest BCUT2D eigenvalue weighted by Gasteiger charge is 2.23. The number of carbonyl (C=O) groups is 2. The van der Waals surface area contributed by atoms with Gasteiger partial charge in [0.25, 0.3) is 0 Å². The van der Waals surface area contributed by atoms with Crippen molar-refractivity contribution in [3.05, 3.63) is 35.1 Å². The highest BCUT2D eigenvalue weighted by molar-refractivity contribution is 7.15. The van der Waals surface area contributed by atoms with Crippen LogP contribution in [0.4, 0.5) is 15.2 Å². The molecule has 0 aliphatic carbocycles. The summed E-state index contributed by atoms with van der Waals surface area (Å²) in [4.78, 5) is 27.8. The van der Waals surface area contributed by atoms with E-state index in [1.54, 1.807) is 30.0 Å². The highest BCUT2D eigenvalue weighted by Crippen LogP contribution is 2.20. The highest BCUT2D eigenvalue weighted by atomic mass is 32.1. The molecule has 0 radical (unpaired) electrons. The maximum absolute atomic E-state index is 13.8. The minimum absolute atomic E-state index is 0.0678. The molecule has 0 spiro atoms. The molecule has 1 aliphatic heterocycles. The van der Waals surface area contributed by atoms with Gasteiger partial charge >= 0.3 is 0 Å². The molecular formula is C17H20FN5O2S. The smallest absolute Gasteiger partial charge is 0.226 e. The maximum atomic E-state index is 13.8. The minimum Gasteiger partial charge on any atom is -0.366 e. The number of halogens is 1. The van der Waals surface area contributed by atoms with Gasteiger partial charge in [0.2, 0.25) is 16.9 Å². The first-order valence-electron chi connectivity index (χ1n) is 8.40. The fraction of sp³-hybridized carbons (Fsp3) is 0.412. The van der Waals surface area contributed by atoms with E-state index in [0.29, 0.717) is 37.0 Å². The van der Waals surface area contributed by atoms with Crippen LogP contribution in [0.3, 0.4) is 0 Å². The molecule has 0 bridgehead atoms. The summed E-state index contributed by atoms with van der Waals surface area (Å²) >= 11 is 1.29. The van der Waals surface area contributed by atoms with E-state index in [9.17, 15) is 14.0 Å².